The minimum absolute atomic E-state index is 0.169. The van der Waals surface area contributed by atoms with Crippen molar-refractivity contribution < 1.29 is 29.0 Å². The summed E-state index contributed by atoms with van der Waals surface area (Å²) in [4.78, 5) is 46.1. The number of hydrogen-bond donors (Lipinski definition) is 5. The number of nitrogens with one attached hydrogen (secondary N) is 3. The van der Waals surface area contributed by atoms with Crippen LogP contribution < -0.4 is 21.7 Å². The van der Waals surface area contributed by atoms with Crippen LogP contribution >= 0.6 is 0 Å². The van der Waals surface area contributed by atoms with Gasteiger partial charge in [0.15, 0.2) is 0 Å². The maximum atomic E-state index is 12.5. The van der Waals surface area contributed by atoms with Gasteiger partial charge in [0, 0.05) is 25.8 Å². The standard InChI is InChI=1S/C18H27N5O6/c1-20-15(4-3-7-21-17(19)26)16(25)22-14-6-5-12(10-29-18(27)28)13(8-14)9-23(2)11-24/h5-6,8,11,15,20H,3-4,7,9-10H2,1-2H3,(H,22,25)(H,27,28)(H3,19,21,26)/t15-/m0/s1. The van der Waals surface area contributed by atoms with Gasteiger partial charge < -0.3 is 36.4 Å². The van der Waals surface area contributed by atoms with E-state index < -0.39 is 18.2 Å². The number of primary amides is 1. The van der Waals surface area contributed by atoms with E-state index in [1.54, 1.807) is 32.3 Å². The first-order valence-electron chi connectivity index (χ1n) is 8.91. The topological polar surface area (TPSA) is 163 Å². The number of nitrogens with zero attached hydrogens (tertiary/aromatic N) is 1. The Labute approximate surface area is 168 Å². The number of benzene rings is 1. The SMILES string of the molecule is CN[C@@H](CCCNC(N)=O)C(=O)Nc1ccc(COC(=O)O)c(CN(C)C=O)c1. The summed E-state index contributed by atoms with van der Waals surface area (Å²) in [6.45, 7) is 0.415. The molecule has 4 amide bonds. The van der Waals surface area contributed by atoms with Gasteiger partial charge in [0.25, 0.3) is 0 Å². The highest BCUT2D eigenvalue weighted by Crippen LogP contribution is 2.19. The Balaban J connectivity index is 2.83. The summed E-state index contributed by atoms with van der Waals surface area (Å²) in [6.07, 6.45) is 0.278. The summed E-state index contributed by atoms with van der Waals surface area (Å²) in [7, 11) is 3.24. The van der Waals surface area contributed by atoms with Crippen LogP contribution in [0.25, 0.3) is 0 Å². The molecule has 0 heterocycles. The fourth-order valence-electron chi connectivity index (χ4n) is 2.59. The van der Waals surface area contributed by atoms with Crippen molar-refractivity contribution in [2.45, 2.75) is 32.0 Å². The van der Waals surface area contributed by atoms with Crippen LogP contribution in [0.15, 0.2) is 18.2 Å². The van der Waals surface area contributed by atoms with E-state index in [0.717, 1.165) is 0 Å². The lowest BCUT2D eigenvalue weighted by molar-refractivity contribution is -0.118. The molecule has 0 bridgehead atoms. The Kier molecular flexibility index (Phi) is 9.96. The summed E-state index contributed by atoms with van der Waals surface area (Å²) < 4.78 is 4.61. The maximum absolute atomic E-state index is 12.5. The Hall–Kier alpha value is -3.34. The van der Waals surface area contributed by atoms with Gasteiger partial charge >= 0.3 is 12.2 Å². The number of hydrogen-bond acceptors (Lipinski definition) is 6. The number of nitrogens with two attached hydrogens (primary N) is 1. The molecule has 1 rings (SSSR count). The molecule has 11 heteroatoms. The first-order chi connectivity index (χ1) is 13.8. The smallest absolute Gasteiger partial charge is 0.450 e. The van der Waals surface area contributed by atoms with Crippen LogP contribution in [0.2, 0.25) is 0 Å². The lowest BCUT2D eigenvalue weighted by Gasteiger charge is -2.18. The van der Waals surface area contributed by atoms with Gasteiger partial charge in [-0.1, -0.05) is 6.07 Å². The molecular weight excluding hydrogens is 382 g/mol. The number of carboxylic acid groups (broad SMARTS) is 1. The predicted molar refractivity (Wildman–Crippen MR) is 105 cm³/mol. The molecule has 0 saturated carbocycles. The molecule has 0 aliphatic rings. The Bertz CT molecular complexity index is 727. The molecule has 0 fully saturated rings. The van der Waals surface area contributed by atoms with Gasteiger partial charge in [0.05, 0.1) is 6.04 Å². The summed E-state index contributed by atoms with van der Waals surface area (Å²) in [5.74, 6) is -0.268. The van der Waals surface area contributed by atoms with Crippen molar-refractivity contribution in [1.29, 1.82) is 0 Å². The molecule has 0 aliphatic heterocycles. The number of rotatable bonds is 12. The van der Waals surface area contributed by atoms with E-state index in [2.05, 4.69) is 20.7 Å². The third kappa shape index (κ3) is 8.93. The molecule has 0 saturated heterocycles. The van der Waals surface area contributed by atoms with Crippen molar-refractivity contribution in [3.63, 3.8) is 0 Å². The number of likely N-dealkylation sites (N-methyl/N-ethyl adjacent to an activating group) is 1. The number of ether oxygens (including phenoxy) is 1. The lowest BCUT2D eigenvalue weighted by atomic mass is 10.1. The molecule has 1 aromatic carbocycles. The monoisotopic (exact) mass is 409 g/mol. The minimum Gasteiger partial charge on any atom is -0.450 e. The van der Waals surface area contributed by atoms with Crippen LogP contribution in [0.5, 0.6) is 0 Å². The van der Waals surface area contributed by atoms with E-state index >= 15 is 0 Å². The molecule has 1 aromatic rings. The van der Waals surface area contributed by atoms with Gasteiger partial charge in [-0.3, -0.25) is 9.59 Å². The van der Waals surface area contributed by atoms with E-state index in [-0.39, 0.29) is 19.1 Å². The van der Waals surface area contributed by atoms with Gasteiger partial charge in [-0.2, -0.15) is 0 Å². The van der Waals surface area contributed by atoms with Crippen LogP contribution in [0, 0.1) is 0 Å². The average molecular weight is 409 g/mol. The van der Waals surface area contributed by atoms with Crippen LogP contribution in [0.4, 0.5) is 15.3 Å². The summed E-state index contributed by atoms with van der Waals surface area (Å²) in [5.41, 5.74) is 6.73. The average Bonchev–Trinajstić information content (AvgIpc) is 2.66. The summed E-state index contributed by atoms with van der Waals surface area (Å²) >= 11 is 0. The molecule has 0 aliphatic carbocycles. The Morgan fingerprint density at radius 1 is 1.31 bits per heavy atom. The molecule has 0 aromatic heterocycles. The van der Waals surface area contributed by atoms with Gasteiger partial charge in [0.1, 0.15) is 6.61 Å². The zero-order valence-corrected chi connectivity index (χ0v) is 16.4. The van der Waals surface area contributed by atoms with Crippen LogP contribution in [-0.4, -0.2) is 61.2 Å². The van der Waals surface area contributed by atoms with Crippen LogP contribution in [-0.2, 0) is 27.5 Å². The molecule has 29 heavy (non-hydrogen) atoms. The van der Waals surface area contributed by atoms with Gasteiger partial charge in [-0.05, 0) is 43.1 Å². The third-order valence-electron chi connectivity index (χ3n) is 4.06. The maximum Gasteiger partial charge on any atom is 0.506 e. The summed E-state index contributed by atoms with van der Waals surface area (Å²) in [5, 5.41) is 16.9. The van der Waals surface area contributed by atoms with Gasteiger partial charge in [0.2, 0.25) is 12.3 Å². The van der Waals surface area contributed by atoms with Crippen molar-refractivity contribution in [1.82, 2.24) is 15.5 Å². The van der Waals surface area contributed by atoms with Crippen molar-refractivity contribution in [2.24, 2.45) is 5.73 Å². The lowest BCUT2D eigenvalue weighted by Crippen LogP contribution is -2.39. The first kappa shape index (κ1) is 23.7. The largest absolute Gasteiger partial charge is 0.506 e. The van der Waals surface area contributed by atoms with E-state index in [1.165, 1.54) is 4.90 Å². The van der Waals surface area contributed by atoms with E-state index in [4.69, 9.17) is 10.8 Å². The molecule has 0 spiro atoms. The van der Waals surface area contributed by atoms with Crippen molar-refractivity contribution in [3.8, 4) is 0 Å². The molecule has 0 unspecified atom stereocenters. The minimum atomic E-state index is -1.40. The quantitative estimate of drug-likeness (QED) is 0.190. The molecule has 0 radical (unpaired) electrons. The number of carbonyl (C=O) groups excluding carboxylic acids is 3. The van der Waals surface area contributed by atoms with Gasteiger partial charge in [-0.15, -0.1) is 0 Å². The normalized spacial score (nSPS) is 11.2. The van der Waals surface area contributed by atoms with Crippen LogP contribution in [0.3, 0.4) is 0 Å². The van der Waals surface area contributed by atoms with Crippen molar-refractivity contribution >= 4 is 30.2 Å². The molecule has 1 atom stereocenters. The number of urea groups is 1. The Morgan fingerprint density at radius 2 is 2.03 bits per heavy atom. The zero-order valence-electron chi connectivity index (χ0n) is 16.4. The molecular formula is C18H27N5O6. The third-order valence-corrected chi connectivity index (χ3v) is 4.06. The second-order valence-electron chi connectivity index (χ2n) is 6.32. The predicted octanol–water partition coefficient (Wildman–Crippen LogP) is 0.444. The van der Waals surface area contributed by atoms with Gasteiger partial charge in [-0.25, -0.2) is 9.59 Å². The number of amides is 4. The van der Waals surface area contributed by atoms with E-state index in [0.29, 0.717) is 42.6 Å². The number of anilines is 1. The molecule has 160 valence electrons. The molecule has 11 nitrogen and oxygen atoms in total. The zero-order chi connectivity index (χ0) is 21.8. The second kappa shape index (κ2) is 12.2. The highest BCUT2D eigenvalue weighted by Gasteiger charge is 2.17. The first-order valence-corrected chi connectivity index (χ1v) is 8.91. The molecule has 6 N–H and O–H groups in total. The van der Waals surface area contributed by atoms with E-state index in [9.17, 15) is 19.2 Å². The summed E-state index contributed by atoms with van der Waals surface area (Å²) in [6, 6.07) is 3.83. The van der Waals surface area contributed by atoms with Crippen molar-refractivity contribution in [2.75, 3.05) is 26.0 Å². The van der Waals surface area contributed by atoms with E-state index in [1.807, 2.05) is 0 Å². The second-order valence-corrected chi connectivity index (χ2v) is 6.32. The highest BCUT2D eigenvalue weighted by atomic mass is 16.7. The van der Waals surface area contributed by atoms with Crippen molar-refractivity contribution in [3.05, 3.63) is 29.3 Å². The fraction of sp³-hybridized carbons (Fsp3) is 0.444. The number of carbonyl (C=O) groups is 4. The fourth-order valence-corrected chi connectivity index (χ4v) is 2.59. The Morgan fingerprint density at radius 3 is 2.62 bits per heavy atom. The highest BCUT2D eigenvalue weighted by molar-refractivity contribution is 5.94. The van der Waals surface area contributed by atoms with Crippen LogP contribution in [0.1, 0.15) is 24.0 Å².